The molecule has 1 aliphatic heterocycles. The lowest BCUT2D eigenvalue weighted by Crippen LogP contribution is -2.42. The van der Waals surface area contributed by atoms with E-state index in [9.17, 15) is 13.2 Å². The highest BCUT2D eigenvalue weighted by atomic mass is 32.2. The van der Waals surface area contributed by atoms with Crippen molar-refractivity contribution in [3.05, 3.63) is 48.0 Å². The molecule has 0 aromatic heterocycles. The molecule has 1 aliphatic rings. The van der Waals surface area contributed by atoms with Gasteiger partial charge in [-0.05, 0) is 50.1 Å². The van der Waals surface area contributed by atoms with E-state index in [2.05, 4.69) is 5.32 Å². The van der Waals surface area contributed by atoms with Gasteiger partial charge in [0.15, 0.2) is 6.61 Å². The first-order valence-corrected chi connectivity index (χ1v) is 11.4. The molecule has 2 aromatic rings. The van der Waals surface area contributed by atoms with Crippen LogP contribution in [-0.4, -0.2) is 44.9 Å². The molecule has 8 nitrogen and oxygen atoms in total. The normalized spacial score (nSPS) is 16.9. The maximum Gasteiger partial charge on any atom is 0.255 e. The molecule has 1 N–H and O–H groups in total. The van der Waals surface area contributed by atoms with Crippen molar-refractivity contribution in [3.63, 3.8) is 0 Å². The van der Waals surface area contributed by atoms with E-state index in [0.29, 0.717) is 18.0 Å². The first-order valence-electron chi connectivity index (χ1n) is 9.98. The number of piperidine rings is 1. The van der Waals surface area contributed by atoms with Crippen LogP contribution in [0.1, 0.15) is 36.5 Å². The Morgan fingerprint density at radius 2 is 2.06 bits per heavy atom. The number of anilines is 1. The number of nitrogens with one attached hydrogen (secondary N) is 1. The minimum atomic E-state index is -3.82. The highest BCUT2D eigenvalue weighted by Gasteiger charge is 2.33. The predicted molar refractivity (Wildman–Crippen MR) is 116 cm³/mol. The second-order valence-electron chi connectivity index (χ2n) is 7.25. The lowest BCUT2D eigenvalue weighted by atomic mass is 10.1. The maximum atomic E-state index is 13.3. The van der Waals surface area contributed by atoms with Gasteiger partial charge in [0.1, 0.15) is 22.5 Å². The summed E-state index contributed by atoms with van der Waals surface area (Å²) in [6.07, 6.45) is 2.59. The van der Waals surface area contributed by atoms with Crippen molar-refractivity contribution in [2.24, 2.45) is 0 Å². The summed E-state index contributed by atoms with van der Waals surface area (Å²) < 4.78 is 38.7. The Balaban J connectivity index is 1.88. The summed E-state index contributed by atoms with van der Waals surface area (Å²) >= 11 is 0. The summed E-state index contributed by atoms with van der Waals surface area (Å²) in [6.45, 7) is 2.23. The third-order valence-corrected chi connectivity index (χ3v) is 7.18. The van der Waals surface area contributed by atoms with Crippen molar-refractivity contribution in [3.8, 4) is 17.6 Å². The average molecular weight is 444 g/mol. The van der Waals surface area contributed by atoms with E-state index in [1.807, 2.05) is 13.0 Å². The highest BCUT2D eigenvalue weighted by molar-refractivity contribution is 7.89. The number of benzene rings is 2. The second kappa shape index (κ2) is 9.81. The van der Waals surface area contributed by atoms with Gasteiger partial charge < -0.3 is 14.8 Å². The van der Waals surface area contributed by atoms with Gasteiger partial charge in [0, 0.05) is 29.9 Å². The summed E-state index contributed by atoms with van der Waals surface area (Å²) in [5.41, 5.74) is 0.651. The molecule has 0 radical (unpaired) electrons. The van der Waals surface area contributed by atoms with Crippen molar-refractivity contribution in [1.82, 2.24) is 4.31 Å². The fourth-order valence-corrected chi connectivity index (χ4v) is 5.44. The Bertz CT molecular complexity index is 1090. The zero-order valence-electron chi connectivity index (χ0n) is 17.5. The molecule has 3 rings (SSSR count). The molecule has 0 aliphatic carbocycles. The predicted octanol–water partition coefficient (Wildman–Crippen LogP) is 3.41. The number of rotatable bonds is 7. The number of nitriles is 1. The number of carbonyl (C=O) groups excluding carboxylic acids is 1. The Hall–Kier alpha value is -3.09. The minimum absolute atomic E-state index is 0.0255. The summed E-state index contributed by atoms with van der Waals surface area (Å²) in [5.74, 6) is 0.167. The van der Waals surface area contributed by atoms with Gasteiger partial charge >= 0.3 is 0 Å². The third-order valence-electron chi connectivity index (χ3n) is 5.15. The van der Waals surface area contributed by atoms with E-state index in [0.717, 1.165) is 19.3 Å². The van der Waals surface area contributed by atoms with Gasteiger partial charge in [-0.2, -0.15) is 9.57 Å². The molecule has 1 atom stereocenters. The van der Waals surface area contributed by atoms with Crippen LogP contribution in [0.2, 0.25) is 0 Å². The molecule has 0 bridgehead atoms. The van der Waals surface area contributed by atoms with Crippen molar-refractivity contribution >= 4 is 21.6 Å². The van der Waals surface area contributed by atoms with Crippen LogP contribution in [0.4, 0.5) is 5.69 Å². The van der Waals surface area contributed by atoms with Crippen LogP contribution in [0.25, 0.3) is 0 Å². The number of sulfonamides is 1. The van der Waals surface area contributed by atoms with E-state index in [1.54, 1.807) is 24.3 Å². The molecule has 1 saturated heterocycles. The van der Waals surface area contributed by atoms with Gasteiger partial charge in [0.05, 0.1) is 7.11 Å². The molecule has 0 saturated carbocycles. The second-order valence-corrected chi connectivity index (χ2v) is 9.11. The topological polar surface area (TPSA) is 109 Å². The maximum absolute atomic E-state index is 13.3. The SMILES string of the molecule is COc1ccc(C(=O)Nc2cccc(OCC#N)c2)cc1S(=O)(=O)N1CCCCC1C. The van der Waals surface area contributed by atoms with Crippen molar-refractivity contribution in [2.45, 2.75) is 37.1 Å². The van der Waals surface area contributed by atoms with Crippen LogP contribution >= 0.6 is 0 Å². The number of hydrogen-bond acceptors (Lipinski definition) is 6. The van der Waals surface area contributed by atoms with Gasteiger partial charge in [-0.1, -0.05) is 12.5 Å². The zero-order chi connectivity index (χ0) is 22.4. The quantitative estimate of drug-likeness (QED) is 0.702. The van der Waals surface area contributed by atoms with Gasteiger partial charge in [-0.25, -0.2) is 8.42 Å². The lowest BCUT2D eigenvalue weighted by molar-refractivity contribution is 0.102. The van der Waals surface area contributed by atoms with E-state index in [4.69, 9.17) is 14.7 Å². The molecule has 1 heterocycles. The standard InChI is InChI=1S/C22H25N3O5S/c1-16-6-3-4-12-25(16)31(27,28)21-14-17(9-10-20(21)29-2)22(26)24-18-7-5-8-19(15-18)30-13-11-23/h5,7-10,14-16H,3-4,6,12-13H2,1-2H3,(H,24,26). The van der Waals surface area contributed by atoms with E-state index in [1.165, 1.54) is 29.6 Å². The fraction of sp³-hybridized carbons (Fsp3) is 0.364. The first kappa shape index (κ1) is 22.6. The van der Waals surface area contributed by atoms with Gasteiger partial charge in [-0.15, -0.1) is 0 Å². The minimum Gasteiger partial charge on any atom is -0.495 e. The number of amides is 1. The average Bonchev–Trinajstić information content (AvgIpc) is 2.77. The van der Waals surface area contributed by atoms with Crippen LogP contribution in [0.5, 0.6) is 11.5 Å². The van der Waals surface area contributed by atoms with Gasteiger partial charge in [0.2, 0.25) is 10.0 Å². The molecule has 1 fully saturated rings. The van der Waals surface area contributed by atoms with E-state index < -0.39 is 15.9 Å². The monoisotopic (exact) mass is 443 g/mol. The molecule has 1 amide bonds. The van der Waals surface area contributed by atoms with Crippen molar-refractivity contribution < 1.29 is 22.7 Å². The molecular formula is C22H25N3O5S. The van der Waals surface area contributed by atoms with E-state index in [-0.39, 0.29) is 28.9 Å². The summed E-state index contributed by atoms with van der Waals surface area (Å²) in [7, 11) is -2.42. The molecule has 9 heteroatoms. The van der Waals surface area contributed by atoms with Crippen LogP contribution in [0.15, 0.2) is 47.4 Å². The highest BCUT2D eigenvalue weighted by Crippen LogP contribution is 2.32. The van der Waals surface area contributed by atoms with Crippen molar-refractivity contribution in [1.29, 1.82) is 5.26 Å². The van der Waals surface area contributed by atoms with Crippen LogP contribution in [0.3, 0.4) is 0 Å². The summed E-state index contributed by atoms with van der Waals surface area (Å²) in [4.78, 5) is 12.8. The first-order chi connectivity index (χ1) is 14.9. The molecule has 164 valence electrons. The Kier molecular flexibility index (Phi) is 7.15. The Morgan fingerprint density at radius 1 is 1.26 bits per heavy atom. The molecular weight excluding hydrogens is 418 g/mol. The summed E-state index contributed by atoms with van der Waals surface area (Å²) in [6, 6.07) is 12.7. The lowest BCUT2D eigenvalue weighted by Gasteiger charge is -2.32. The largest absolute Gasteiger partial charge is 0.495 e. The number of carbonyl (C=O) groups is 1. The number of methoxy groups -OCH3 is 1. The zero-order valence-corrected chi connectivity index (χ0v) is 18.3. The van der Waals surface area contributed by atoms with Gasteiger partial charge in [-0.3, -0.25) is 4.79 Å². The summed E-state index contributed by atoms with van der Waals surface area (Å²) in [5, 5.41) is 11.4. The van der Waals surface area contributed by atoms with E-state index >= 15 is 0 Å². The Morgan fingerprint density at radius 3 is 2.77 bits per heavy atom. The smallest absolute Gasteiger partial charge is 0.255 e. The van der Waals surface area contributed by atoms with Crippen LogP contribution in [0, 0.1) is 11.3 Å². The number of hydrogen-bond donors (Lipinski definition) is 1. The third kappa shape index (κ3) is 5.16. The van der Waals surface area contributed by atoms with Crippen LogP contribution in [-0.2, 0) is 10.0 Å². The number of nitrogens with zero attached hydrogens (tertiary/aromatic N) is 2. The Labute approximate surface area is 182 Å². The van der Waals surface area contributed by atoms with Gasteiger partial charge in [0.25, 0.3) is 5.91 Å². The molecule has 0 spiro atoms. The molecule has 31 heavy (non-hydrogen) atoms. The molecule has 2 aromatic carbocycles. The number of ether oxygens (including phenoxy) is 2. The van der Waals surface area contributed by atoms with Crippen LogP contribution < -0.4 is 14.8 Å². The molecule has 1 unspecified atom stereocenters. The fourth-order valence-electron chi connectivity index (χ4n) is 3.56. The van der Waals surface area contributed by atoms with Crippen molar-refractivity contribution in [2.75, 3.05) is 25.6 Å².